The summed E-state index contributed by atoms with van der Waals surface area (Å²) in [7, 11) is 0. The van der Waals surface area contributed by atoms with Crippen LogP contribution in [0.3, 0.4) is 0 Å². The Bertz CT molecular complexity index is 818. The van der Waals surface area contributed by atoms with Gasteiger partial charge in [-0.15, -0.1) is 0 Å². The van der Waals surface area contributed by atoms with Gasteiger partial charge in [0.25, 0.3) is 0 Å². The van der Waals surface area contributed by atoms with E-state index in [0.29, 0.717) is 6.42 Å². The van der Waals surface area contributed by atoms with E-state index in [1.807, 2.05) is 0 Å². The van der Waals surface area contributed by atoms with E-state index in [1.165, 1.54) is 51.4 Å². The molecule has 2 atom stereocenters. The van der Waals surface area contributed by atoms with E-state index >= 15 is 0 Å². The molecule has 6 N–H and O–H groups in total. The van der Waals surface area contributed by atoms with Gasteiger partial charge in [0.15, 0.2) is 0 Å². The van der Waals surface area contributed by atoms with E-state index in [4.69, 9.17) is 15.3 Å². The summed E-state index contributed by atoms with van der Waals surface area (Å²) in [6, 6.07) is -2.66. The van der Waals surface area contributed by atoms with Gasteiger partial charge >= 0.3 is 23.9 Å². The molecule has 0 bridgehead atoms. The second kappa shape index (κ2) is 25.5. The van der Waals surface area contributed by atoms with Gasteiger partial charge in [-0.1, -0.05) is 89.9 Å². The standard InChI is InChI=1S/C30H52N2O10/c33-25(31-23(29(39)40)19-21-26(34)32-24(30(41)42)20-22-28(37)38)17-15-13-11-9-7-5-3-1-2-4-6-8-10-12-14-16-18-27(35)36/h23-24H,1-22H2,(H,31,33)(H,32,34)(H,35,36)(H,37,38)(H,39,40)(H,41,42)/t23-,24-/m0/s1. The summed E-state index contributed by atoms with van der Waals surface area (Å²) in [6.45, 7) is 0. The Morgan fingerprint density at radius 1 is 0.381 bits per heavy atom. The molecule has 12 nitrogen and oxygen atoms in total. The molecule has 0 fully saturated rings. The molecule has 0 aliphatic carbocycles. The van der Waals surface area contributed by atoms with Crippen molar-refractivity contribution in [2.75, 3.05) is 0 Å². The molecule has 0 saturated heterocycles. The van der Waals surface area contributed by atoms with Crippen molar-refractivity contribution < 1.29 is 49.2 Å². The fourth-order valence-electron chi connectivity index (χ4n) is 4.63. The van der Waals surface area contributed by atoms with Crippen LogP contribution in [0.25, 0.3) is 0 Å². The summed E-state index contributed by atoms with van der Waals surface area (Å²) in [5.74, 6) is -5.72. The van der Waals surface area contributed by atoms with Crippen LogP contribution in [0.2, 0.25) is 0 Å². The lowest BCUT2D eigenvalue weighted by Gasteiger charge is -2.16. The van der Waals surface area contributed by atoms with E-state index < -0.39 is 54.2 Å². The zero-order valence-electron chi connectivity index (χ0n) is 24.9. The van der Waals surface area contributed by atoms with E-state index in [-0.39, 0.29) is 32.1 Å². The molecule has 0 aromatic heterocycles. The first-order chi connectivity index (χ1) is 20.0. The van der Waals surface area contributed by atoms with Gasteiger partial charge in [0.05, 0.1) is 0 Å². The van der Waals surface area contributed by atoms with Gasteiger partial charge in [-0.3, -0.25) is 19.2 Å². The van der Waals surface area contributed by atoms with Crippen LogP contribution in [-0.4, -0.2) is 68.2 Å². The van der Waals surface area contributed by atoms with Crippen molar-refractivity contribution in [3.63, 3.8) is 0 Å². The van der Waals surface area contributed by atoms with Gasteiger partial charge in [0, 0.05) is 25.7 Å². The second-order valence-corrected chi connectivity index (χ2v) is 10.9. The minimum absolute atomic E-state index is 0.189. The third-order valence-corrected chi connectivity index (χ3v) is 7.12. The monoisotopic (exact) mass is 600 g/mol. The maximum absolute atomic E-state index is 12.2. The van der Waals surface area contributed by atoms with E-state index in [1.54, 1.807) is 0 Å². The van der Waals surface area contributed by atoms with Gasteiger partial charge in [0.2, 0.25) is 11.8 Å². The van der Waals surface area contributed by atoms with Gasteiger partial charge in [0.1, 0.15) is 12.1 Å². The molecule has 0 heterocycles. The van der Waals surface area contributed by atoms with Gasteiger partial charge in [-0.05, 0) is 25.7 Å². The van der Waals surface area contributed by atoms with Crippen LogP contribution in [0.5, 0.6) is 0 Å². The molecule has 12 heteroatoms. The number of hydrogen-bond donors (Lipinski definition) is 6. The van der Waals surface area contributed by atoms with Crippen LogP contribution in [-0.2, 0) is 28.8 Å². The van der Waals surface area contributed by atoms with Crippen LogP contribution < -0.4 is 10.6 Å². The van der Waals surface area contributed by atoms with E-state index in [0.717, 1.165) is 44.9 Å². The lowest BCUT2D eigenvalue weighted by Crippen LogP contribution is -2.44. The first kappa shape index (κ1) is 38.8. The Morgan fingerprint density at radius 3 is 1.00 bits per heavy atom. The van der Waals surface area contributed by atoms with Gasteiger partial charge in [-0.25, -0.2) is 9.59 Å². The third kappa shape index (κ3) is 24.6. The number of aliphatic carboxylic acids is 4. The number of rotatable bonds is 29. The summed E-state index contributed by atoms with van der Waals surface area (Å²) in [5.41, 5.74) is 0. The number of carbonyl (C=O) groups is 6. The summed E-state index contributed by atoms with van der Waals surface area (Å²) < 4.78 is 0. The van der Waals surface area contributed by atoms with Crippen LogP contribution in [0.4, 0.5) is 0 Å². The average molecular weight is 601 g/mol. The van der Waals surface area contributed by atoms with Gasteiger partial charge < -0.3 is 31.1 Å². The van der Waals surface area contributed by atoms with Crippen LogP contribution in [0.1, 0.15) is 141 Å². The summed E-state index contributed by atoms with van der Waals surface area (Å²) in [4.78, 5) is 68.0. The Labute approximate surface area is 249 Å². The highest BCUT2D eigenvalue weighted by Crippen LogP contribution is 2.14. The van der Waals surface area contributed by atoms with Crippen molar-refractivity contribution >= 4 is 35.7 Å². The lowest BCUT2D eigenvalue weighted by atomic mass is 10.0. The smallest absolute Gasteiger partial charge is 0.326 e. The third-order valence-electron chi connectivity index (χ3n) is 7.12. The molecule has 0 aliphatic rings. The molecule has 0 radical (unpaired) electrons. The van der Waals surface area contributed by atoms with Crippen LogP contribution in [0.15, 0.2) is 0 Å². The predicted octanol–water partition coefficient (Wildman–Crippen LogP) is 4.88. The van der Waals surface area contributed by atoms with Crippen LogP contribution >= 0.6 is 0 Å². The Kier molecular flexibility index (Phi) is 23.6. The highest BCUT2D eigenvalue weighted by Gasteiger charge is 2.24. The van der Waals surface area contributed by atoms with Crippen molar-refractivity contribution in [3.05, 3.63) is 0 Å². The molecule has 0 aliphatic heterocycles. The number of unbranched alkanes of at least 4 members (excludes halogenated alkanes) is 15. The summed E-state index contributed by atoms with van der Waals surface area (Å²) in [5, 5.41) is 40.4. The number of nitrogens with one attached hydrogen (secondary N) is 2. The first-order valence-electron chi connectivity index (χ1n) is 15.5. The molecule has 0 spiro atoms. The number of carbonyl (C=O) groups excluding carboxylic acids is 2. The molecule has 0 saturated carbocycles. The Morgan fingerprint density at radius 2 is 0.667 bits per heavy atom. The molecule has 0 rings (SSSR count). The van der Waals surface area contributed by atoms with Crippen molar-refractivity contribution in [1.29, 1.82) is 0 Å². The number of amides is 2. The molecule has 242 valence electrons. The minimum atomic E-state index is -1.39. The summed E-state index contributed by atoms with van der Waals surface area (Å²) >= 11 is 0. The molecular weight excluding hydrogens is 548 g/mol. The zero-order chi connectivity index (χ0) is 31.6. The highest BCUT2D eigenvalue weighted by atomic mass is 16.4. The van der Waals surface area contributed by atoms with Crippen molar-refractivity contribution in [3.8, 4) is 0 Å². The summed E-state index contributed by atoms with van der Waals surface area (Å²) in [6.07, 6.45) is 16.7. The Balaban J connectivity index is 3.80. The second-order valence-electron chi connectivity index (χ2n) is 10.9. The lowest BCUT2D eigenvalue weighted by molar-refractivity contribution is -0.144. The van der Waals surface area contributed by atoms with Crippen molar-refractivity contribution in [2.24, 2.45) is 0 Å². The van der Waals surface area contributed by atoms with E-state index in [2.05, 4.69) is 10.6 Å². The molecule has 2 amide bonds. The molecular formula is C30H52N2O10. The number of hydrogen-bond acceptors (Lipinski definition) is 6. The van der Waals surface area contributed by atoms with Gasteiger partial charge in [-0.2, -0.15) is 0 Å². The topological polar surface area (TPSA) is 207 Å². The Hall–Kier alpha value is -3.18. The van der Waals surface area contributed by atoms with Crippen molar-refractivity contribution in [2.45, 2.75) is 153 Å². The fraction of sp³-hybridized carbons (Fsp3) is 0.800. The zero-order valence-corrected chi connectivity index (χ0v) is 24.9. The maximum atomic E-state index is 12.2. The molecule has 0 unspecified atom stereocenters. The number of carboxylic acids is 4. The molecule has 0 aromatic carbocycles. The van der Waals surface area contributed by atoms with Crippen LogP contribution in [0, 0.1) is 0 Å². The minimum Gasteiger partial charge on any atom is -0.481 e. The predicted molar refractivity (Wildman–Crippen MR) is 156 cm³/mol. The normalized spacial score (nSPS) is 12.3. The largest absolute Gasteiger partial charge is 0.481 e. The average Bonchev–Trinajstić information content (AvgIpc) is 2.91. The SMILES string of the molecule is O=C(O)CCCCCCCCCCCCCCCCCCC(=O)N[C@@H](CCC(=O)N[C@@H](CCC(=O)O)C(=O)O)C(=O)O. The maximum Gasteiger partial charge on any atom is 0.326 e. The fourth-order valence-corrected chi connectivity index (χ4v) is 4.63. The quantitative estimate of drug-likeness (QED) is 0.0641. The molecule has 42 heavy (non-hydrogen) atoms. The molecule has 0 aromatic rings. The van der Waals surface area contributed by atoms with E-state index in [9.17, 15) is 33.9 Å². The number of carboxylic acid groups (broad SMARTS) is 4. The van der Waals surface area contributed by atoms with Crippen molar-refractivity contribution in [1.82, 2.24) is 10.6 Å². The highest BCUT2D eigenvalue weighted by molar-refractivity contribution is 5.86. The first-order valence-corrected chi connectivity index (χ1v) is 15.5.